The number of hydrogen-bond acceptors (Lipinski definition) is 1. The second-order valence-electron chi connectivity index (χ2n) is 6.67. The average Bonchev–Trinajstić information content (AvgIpc) is 2.74. The summed E-state index contributed by atoms with van der Waals surface area (Å²) in [6.07, 6.45) is -2.33. The fraction of sp³-hybridized carbons (Fsp3) is 0.625. The van der Waals surface area contributed by atoms with Crippen LogP contribution in [-0.2, 0) is 10.9 Å². The summed E-state index contributed by atoms with van der Waals surface area (Å²) in [5.74, 6) is 0. The summed E-state index contributed by atoms with van der Waals surface area (Å²) in [6, 6.07) is 5.74. The molecule has 0 aliphatic carbocycles. The number of halogens is 3. The third-order valence-corrected chi connectivity index (χ3v) is 3.56. The lowest BCUT2D eigenvalue weighted by Crippen LogP contribution is -2.18. The van der Waals surface area contributed by atoms with Crippen molar-refractivity contribution in [1.29, 1.82) is 0 Å². The molecule has 0 amide bonds. The summed E-state index contributed by atoms with van der Waals surface area (Å²) in [6.45, 7) is 6.36. The molecule has 1 nitrogen and oxygen atoms in total. The molecule has 4 heteroatoms. The molecule has 20 heavy (non-hydrogen) atoms. The van der Waals surface area contributed by atoms with Crippen molar-refractivity contribution < 1.29 is 17.9 Å². The van der Waals surface area contributed by atoms with Gasteiger partial charge in [0.15, 0.2) is 0 Å². The first-order chi connectivity index (χ1) is 9.17. The van der Waals surface area contributed by atoms with Gasteiger partial charge in [-0.3, -0.25) is 0 Å². The van der Waals surface area contributed by atoms with E-state index >= 15 is 0 Å². The fourth-order valence-electron chi connectivity index (χ4n) is 2.80. The Kier molecular flexibility index (Phi) is 4.14. The van der Waals surface area contributed by atoms with Crippen LogP contribution < -0.4 is 0 Å². The van der Waals surface area contributed by atoms with Crippen LogP contribution in [0, 0.1) is 5.41 Å². The zero-order chi connectivity index (χ0) is 15.0. The Labute approximate surface area is 118 Å². The molecule has 112 valence electrons. The van der Waals surface area contributed by atoms with Gasteiger partial charge < -0.3 is 4.74 Å². The minimum Gasteiger partial charge on any atom is -0.370 e. The van der Waals surface area contributed by atoms with Crippen LogP contribution in [0.25, 0.3) is 0 Å². The van der Waals surface area contributed by atoms with Crippen LogP contribution in [-0.4, -0.2) is 6.10 Å². The highest BCUT2D eigenvalue weighted by atomic mass is 19.4. The number of rotatable bonds is 2. The van der Waals surface area contributed by atoms with E-state index < -0.39 is 17.8 Å². The molecule has 1 aromatic rings. The molecule has 1 aliphatic heterocycles. The van der Waals surface area contributed by atoms with E-state index in [2.05, 4.69) is 20.8 Å². The van der Waals surface area contributed by atoms with Gasteiger partial charge in [-0.1, -0.05) is 39.0 Å². The van der Waals surface area contributed by atoms with Crippen molar-refractivity contribution in [2.75, 3.05) is 0 Å². The molecule has 2 atom stereocenters. The smallest absolute Gasteiger partial charge is 0.370 e. The number of ether oxygens (including phenoxy) is 1. The van der Waals surface area contributed by atoms with Gasteiger partial charge in [0.2, 0.25) is 0 Å². The predicted molar refractivity (Wildman–Crippen MR) is 72.4 cm³/mol. The molecule has 2 rings (SSSR count). The number of benzene rings is 1. The van der Waals surface area contributed by atoms with Gasteiger partial charge in [-0.05, 0) is 36.3 Å². The molecule has 0 spiro atoms. The molecule has 1 aliphatic rings. The standard InChI is InChI=1S/C16H21F3O/c1-15(2,3)10-11-8-9-14(20-11)12-6-4-5-7-13(12)16(17,18)19/h4-7,11,14H,8-10H2,1-3H3/t11-,14+/m0/s1. The Bertz CT molecular complexity index is 460. The van der Waals surface area contributed by atoms with Crippen LogP contribution in [0.3, 0.4) is 0 Å². The molecule has 1 fully saturated rings. The molecular formula is C16H21F3O. The van der Waals surface area contributed by atoms with Crippen molar-refractivity contribution in [1.82, 2.24) is 0 Å². The van der Waals surface area contributed by atoms with Crippen molar-refractivity contribution >= 4 is 0 Å². The summed E-state index contributed by atoms with van der Waals surface area (Å²) >= 11 is 0. The van der Waals surface area contributed by atoms with E-state index in [-0.39, 0.29) is 17.1 Å². The first-order valence-electron chi connectivity index (χ1n) is 6.98. The van der Waals surface area contributed by atoms with Gasteiger partial charge in [-0.2, -0.15) is 13.2 Å². The van der Waals surface area contributed by atoms with Crippen molar-refractivity contribution in [3.63, 3.8) is 0 Å². The largest absolute Gasteiger partial charge is 0.416 e. The van der Waals surface area contributed by atoms with E-state index in [4.69, 9.17) is 4.74 Å². The summed E-state index contributed by atoms with van der Waals surface area (Å²) in [5, 5.41) is 0. The highest BCUT2D eigenvalue weighted by molar-refractivity contribution is 5.32. The van der Waals surface area contributed by atoms with Crippen molar-refractivity contribution in [3.05, 3.63) is 35.4 Å². The number of hydrogen-bond donors (Lipinski definition) is 0. The maximum Gasteiger partial charge on any atom is 0.416 e. The van der Waals surface area contributed by atoms with E-state index in [1.165, 1.54) is 12.1 Å². The third kappa shape index (κ3) is 3.75. The first-order valence-corrected chi connectivity index (χ1v) is 6.98. The summed E-state index contributed by atoms with van der Waals surface area (Å²) in [5.41, 5.74) is -0.166. The van der Waals surface area contributed by atoms with E-state index in [1.807, 2.05) is 0 Å². The first kappa shape index (κ1) is 15.4. The summed E-state index contributed by atoms with van der Waals surface area (Å²) in [4.78, 5) is 0. The Morgan fingerprint density at radius 1 is 1.10 bits per heavy atom. The second-order valence-corrected chi connectivity index (χ2v) is 6.67. The maximum absolute atomic E-state index is 13.0. The fourth-order valence-corrected chi connectivity index (χ4v) is 2.80. The Morgan fingerprint density at radius 3 is 2.35 bits per heavy atom. The van der Waals surface area contributed by atoms with E-state index in [9.17, 15) is 13.2 Å². The van der Waals surface area contributed by atoms with Crippen LogP contribution >= 0.6 is 0 Å². The normalized spacial score (nSPS) is 24.1. The van der Waals surface area contributed by atoms with Gasteiger partial charge in [0.25, 0.3) is 0 Å². The maximum atomic E-state index is 13.0. The molecule has 0 unspecified atom stereocenters. The van der Waals surface area contributed by atoms with E-state index in [0.29, 0.717) is 6.42 Å². The lowest BCUT2D eigenvalue weighted by atomic mass is 9.88. The Hall–Kier alpha value is -1.03. The van der Waals surface area contributed by atoms with Gasteiger partial charge >= 0.3 is 6.18 Å². The SMILES string of the molecule is CC(C)(C)C[C@@H]1CC[C@H](c2ccccc2C(F)(F)F)O1. The molecule has 1 saturated heterocycles. The van der Waals surface area contributed by atoms with Gasteiger partial charge in [-0.25, -0.2) is 0 Å². The van der Waals surface area contributed by atoms with Crippen LogP contribution in [0.1, 0.15) is 57.3 Å². The van der Waals surface area contributed by atoms with Crippen LogP contribution in [0.2, 0.25) is 0 Å². The quantitative estimate of drug-likeness (QED) is 0.711. The van der Waals surface area contributed by atoms with Gasteiger partial charge in [0.1, 0.15) is 0 Å². The molecule has 0 radical (unpaired) electrons. The summed E-state index contributed by atoms with van der Waals surface area (Å²) in [7, 11) is 0. The molecule has 1 aromatic carbocycles. The van der Waals surface area contributed by atoms with Crippen molar-refractivity contribution in [3.8, 4) is 0 Å². The molecule has 0 N–H and O–H groups in total. The lowest BCUT2D eigenvalue weighted by molar-refractivity contribution is -0.139. The average molecular weight is 286 g/mol. The Morgan fingerprint density at radius 2 is 1.75 bits per heavy atom. The second kappa shape index (κ2) is 5.40. The predicted octanol–water partition coefficient (Wildman–Crippen LogP) is 5.36. The minimum absolute atomic E-state index is 0.0567. The Balaban J connectivity index is 2.15. The molecule has 0 aromatic heterocycles. The minimum atomic E-state index is -4.32. The molecular weight excluding hydrogens is 265 g/mol. The van der Waals surface area contributed by atoms with Crippen LogP contribution in [0.5, 0.6) is 0 Å². The van der Waals surface area contributed by atoms with E-state index in [0.717, 1.165) is 18.9 Å². The highest BCUT2D eigenvalue weighted by Crippen LogP contribution is 2.42. The van der Waals surface area contributed by atoms with Gasteiger partial charge in [0.05, 0.1) is 17.8 Å². The van der Waals surface area contributed by atoms with Gasteiger partial charge in [-0.15, -0.1) is 0 Å². The molecule has 0 bridgehead atoms. The van der Waals surface area contributed by atoms with Gasteiger partial charge in [0, 0.05) is 0 Å². The van der Waals surface area contributed by atoms with Crippen molar-refractivity contribution in [2.24, 2.45) is 5.41 Å². The monoisotopic (exact) mass is 286 g/mol. The topological polar surface area (TPSA) is 9.23 Å². The highest BCUT2D eigenvalue weighted by Gasteiger charge is 2.38. The van der Waals surface area contributed by atoms with Crippen LogP contribution in [0.4, 0.5) is 13.2 Å². The lowest BCUT2D eigenvalue weighted by Gasteiger charge is -2.24. The zero-order valence-electron chi connectivity index (χ0n) is 12.1. The van der Waals surface area contributed by atoms with Crippen LogP contribution in [0.15, 0.2) is 24.3 Å². The third-order valence-electron chi connectivity index (χ3n) is 3.56. The molecule has 1 heterocycles. The zero-order valence-corrected chi connectivity index (χ0v) is 12.1. The summed E-state index contributed by atoms with van der Waals surface area (Å²) < 4.78 is 44.9. The van der Waals surface area contributed by atoms with Crippen molar-refractivity contribution in [2.45, 2.75) is 58.4 Å². The number of alkyl halides is 3. The molecule has 0 saturated carbocycles. The van der Waals surface area contributed by atoms with E-state index in [1.54, 1.807) is 6.07 Å².